The molecule has 0 atom stereocenters. The Morgan fingerprint density at radius 1 is 1.12 bits per heavy atom. The van der Waals surface area contributed by atoms with Crippen LogP contribution in [0.5, 0.6) is 0 Å². The summed E-state index contributed by atoms with van der Waals surface area (Å²) < 4.78 is 2.89. The van der Waals surface area contributed by atoms with Crippen LogP contribution in [-0.4, -0.2) is 43.0 Å². The smallest absolute Gasteiger partial charge is 0.370 e. The highest BCUT2D eigenvalue weighted by Gasteiger charge is 2.26. The Bertz CT molecular complexity index is 1500. The lowest BCUT2D eigenvalue weighted by molar-refractivity contribution is -0.351. The summed E-state index contributed by atoms with van der Waals surface area (Å²) in [5, 5.41) is 11.5. The van der Waals surface area contributed by atoms with Gasteiger partial charge >= 0.3 is 11.6 Å². The SMILES string of the molecule is Cc1cc(-c2c(-c3ccccc3)[nH+]c(N)n3c(=O)n(CCN(C)c4cn[nH]c4)nc23)cc(C)n1. The number of pyridine rings is 1. The molecular weight excluding hydrogens is 430 g/mol. The first-order valence-electron chi connectivity index (χ1n) is 11.0. The number of nitrogens with two attached hydrogens (primary N) is 1. The lowest BCUT2D eigenvalue weighted by Gasteiger charge is -2.15. The minimum atomic E-state index is -0.298. The molecule has 0 radical (unpaired) electrons. The fraction of sp³-hybridized carbons (Fsp3) is 0.208. The van der Waals surface area contributed by atoms with E-state index in [-0.39, 0.29) is 11.6 Å². The molecule has 0 saturated heterocycles. The maximum atomic E-state index is 13.3. The minimum Gasteiger partial charge on any atom is -0.370 e. The second kappa shape index (κ2) is 8.47. The number of H-pyrrole nitrogens is 2. The van der Waals surface area contributed by atoms with Crippen molar-refractivity contribution in [2.75, 3.05) is 24.2 Å². The highest BCUT2D eigenvalue weighted by molar-refractivity contribution is 5.88. The number of anilines is 2. The number of hydrogen-bond donors (Lipinski definition) is 2. The quantitative estimate of drug-likeness (QED) is 0.403. The van der Waals surface area contributed by atoms with Crippen LogP contribution >= 0.6 is 0 Å². The van der Waals surface area contributed by atoms with Crippen LogP contribution in [0.1, 0.15) is 11.4 Å². The van der Waals surface area contributed by atoms with E-state index in [1.54, 1.807) is 12.4 Å². The van der Waals surface area contributed by atoms with E-state index >= 15 is 0 Å². The topological polar surface area (TPSA) is 124 Å². The van der Waals surface area contributed by atoms with Crippen molar-refractivity contribution in [3.8, 4) is 22.4 Å². The van der Waals surface area contributed by atoms with Gasteiger partial charge in [0, 0.05) is 36.7 Å². The van der Waals surface area contributed by atoms with Gasteiger partial charge in [0.25, 0.3) is 0 Å². The van der Waals surface area contributed by atoms with Crippen molar-refractivity contribution in [1.82, 2.24) is 29.4 Å². The molecule has 0 aliphatic heterocycles. The summed E-state index contributed by atoms with van der Waals surface area (Å²) in [6.45, 7) is 4.86. The Hall–Kier alpha value is -4.47. The van der Waals surface area contributed by atoms with Gasteiger partial charge in [0.2, 0.25) is 5.65 Å². The first-order chi connectivity index (χ1) is 16.4. The van der Waals surface area contributed by atoms with E-state index < -0.39 is 0 Å². The molecule has 0 aliphatic rings. The molecule has 4 N–H and O–H groups in total. The van der Waals surface area contributed by atoms with Crippen LogP contribution in [0.15, 0.2) is 59.7 Å². The first kappa shape index (κ1) is 21.4. The summed E-state index contributed by atoms with van der Waals surface area (Å²) in [7, 11) is 1.94. The maximum Gasteiger partial charge on any atom is 0.411 e. The van der Waals surface area contributed by atoms with Crippen molar-refractivity contribution in [3.63, 3.8) is 0 Å². The van der Waals surface area contributed by atoms with Gasteiger partial charge in [-0.3, -0.25) is 15.8 Å². The van der Waals surface area contributed by atoms with E-state index in [1.165, 1.54) is 9.08 Å². The predicted octanol–water partition coefficient (Wildman–Crippen LogP) is 2.10. The zero-order valence-corrected chi connectivity index (χ0v) is 19.3. The number of nitrogens with one attached hydrogen (secondary N) is 2. The summed E-state index contributed by atoms with van der Waals surface area (Å²) in [6, 6.07) is 13.9. The third-order valence-corrected chi connectivity index (χ3v) is 5.81. The zero-order valence-electron chi connectivity index (χ0n) is 19.3. The van der Waals surface area contributed by atoms with Crippen molar-refractivity contribution in [3.05, 3.63) is 76.7 Å². The van der Waals surface area contributed by atoms with Crippen molar-refractivity contribution >= 4 is 17.3 Å². The lowest BCUT2D eigenvalue weighted by Crippen LogP contribution is -2.31. The second-order valence-electron chi connectivity index (χ2n) is 8.31. The summed E-state index contributed by atoms with van der Waals surface area (Å²) in [4.78, 5) is 23.1. The molecule has 0 unspecified atom stereocenters. The van der Waals surface area contributed by atoms with E-state index in [0.717, 1.165) is 39.5 Å². The largest absolute Gasteiger partial charge is 0.411 e. The molecule has 5 aromatic rings. The maximum absolute atomic E-state index is 13.3. The first-order valence-corrected chi connectivity index (χ1v) is 11.0. The van der Waals surface area contributed by atoms with Gasteiger partial charge in [-0.25, -0.2) is 9.78 Å². The standard InChI is InChI=1S/C24H25N9O/c1-15-11-18(12-16(2)28-15)20-21(17-7-5-4-6-8-17)29-23(25)33-22(20)30-32(24(33)34)10-9-31(3)19-13-26-27-14-19/h4-8,11-14H,9-10H2,1-3H3,(H2,25,29)(H,26,27)/p+1. The fourth-order valence-electron chi connectivity index (χ4n) is 4.19. The Balaban J connectivity index is 1.70. The summed E-state index contributed by atoms with van der Waals surface area (Å²) in [5.74, 6) is 0.222. The number of nitrogen functional groups attached to an aromatic ring is 1. The molecule has 0 fully saturated rings. The number of rotatable bonds is 6. The number of aromatic amines is 2. The average molecular weight is 457 g/mol. The van der Waals surface area contributed by atoms with E-state index in [4.69, 9.17) is 10.8 Å². The third-order valence-electron chi connectivity index (χ3n) is 5.81. The number of benzene rings is 1. The lowest BCUT2D eigenvalue weighted by atomic mass is 9.99. The van der Waals surface area contributed by atoms with E-state index in [9.17, 15) is 4.79 Å². The molecule has 34 heavy (non-hydrogen) atoms. The van der Waals surface area contributed by atoms with Crippen LogP contribution in [0.3, 0.4) is 0 Å². The summed E-state index contributed by atoms with van der Waals surface area (Å²) in [5.41, 5.74) is 12.7. The molecule has 10 nitrogen and oxygen atoms in total. The molecule has 0 amide bonds. The van der Waals surface area contributed by atoms with Crippen molar-refractivity contribution in [2.24, 2.45) is 0 Å². The molecule has 172 valence electrons. The number of aromatic nitrogens is 7. The third kappa shape index (κ3) is 3.79. The average Bonchev–Trinajstić information content (AvgIpc) is 3.46. The molecule has 4 heterocycles. The molecule has 0 aliphatic carbocycles. The zero-order chi connectivity index (χ0) is 23.8. The van der Waals surface area contributed by atoms with Crippen molar-refractivity contribution < 1.29 is 4.98 Å². The van der Waals surface area contributed by atoms with Gasteiger partial charge in [0.05, 0.1) is 24.0 Å². The van der Waals surface area contributed by atoms with Crippen molar-refractivity contribution in [2.45, 2.75) is 20.4 Å². The minimum absolute atomic E-state index is 0.222. The molecular formula is C24H26N9O+. The van der Waals surface area contributed by atoms with E-state index in [1.807, 2.05) is 68.3 Å². The van der Waals surface area contributed by atoms with E-state index in [0.29, 0.717) is 18.7 Å². The van der Waals surface area contributed by atoms with Crippen LogP contribution in [0.25, 0.3) is 28.0 Å². The normalized spacial score (nSPS) is 11.3. The predicted molar refractivity (Wildman–Crippen MR) is 130 cm³/mol. The summed E-state index contributed by atoms with van der Waals surface area (Å²) >= 11 is 0. The van der Waals surface area contributed by atoms with Gasteiger partial charge in [0.1, 0.15) is 5.69 Å². The molecule has 0 spiro atoms. The number of hydrogen-bond acceptors (Lipinski definition) is 6. The van der Waals surface area contributed by atoms with Crippen molar-refractivity contribution in [1.29, 1.82) is 0 Å². The van der Waals surface area contributed by atoms with Crippen LogP contribution in [0.2, 0.25) is 0 Å². The van der Waals surface area contributed by atoms with Crippen LogP contribution in [0, 0.1) is 13.8 Å². The molecule has 4 aromatic heterocycles. The molecule has 1 aromatic carbocycles. The number of nitrogens with zero attached hydrogens (tertiary/aromatic N) is 6. The molecule has 0 bridgehead atoms. The number of aryl methyl sites for hydroxylation is 2. The molecule has 0 saturated carbocycles. The molecule has 5 rings (SSSR count). The van der Waals surface area contributed by atoms with Gasteiger partial charge in [0.15, 0.2) is 0 Å². The van der Waals surface area contributed by atoms with Gasteiger partial charge in [-0.15, -0.1) is 9.50 Å². The Morgan fingerprint density at radius 3 is 2.53 bits per heavy atom. The van der Waals surface area contributed by atoms with Crippen LogP contribution in [0.4, 0.5) is 11.6 Å². The number of fused-ring (bicyclic) bond motifs is 1. The Labute approximate surface area is 195 Å². The van der Waals surface area contributed by atoms with Crippen LogP contribution in [-0.2, 0) is 6.54 Å². The second-order valence-corrected chi connectivity index (χ2v) is 8.31. The van der Waals surface area contributed by atoms with Gasteiger partial charge in [-0.1, -0.05) is 30.3 Å². The highest BCUT2D eigenvalue weighted by atomic mass is 16.2. The summed E-state index contributed by atoms with van der Waals surface area (Å²) in [6.07, 6.45) is 3.54. The Kier molecular flexibility index (Phi) is 5.33. The van der Waals surface area contributed by atoms with Gasteiger partial charge in [-0.05, 0) is 31.5 Å². The van der Waals surface area contributed by atoms with Gasteiger partial charge in [-0.2, -0.15) is 9.78 Å². The van der Waals surface area contributed by atoms with Gasteiger partial charge < -0.3 is 4.90 Å². The van der Waals surface area contributed by atoms with Crippen LogP contribution < -0.4 is 21.3 Å². The molecule has 10 heteroatoms. The Morgan fingerprint density at radius 2 is 1.85 bits per heavy atom. The monoisotopic (exact) mass is 456 g/mol. The fourth-order valence-corrected chi connectivity index (χ4v) is 4.19. The number of likely N-dealkylation sites (N-methyl/N-ethyl adjacent to an activating group) is 1. The highest BCUT2D eigenvalue weighted by Crippen LogP contribution is 2.32. The van der Waals surface area contributed by atoms with E-state index in [2.05, 4.69) is 20.2 Å².